The zero-order valence-electron chi connectivity index (χ0n) is 25.0. The average Bonchev–Trinajstić information content (AvgIpc) is 3.26. The Balaban J connectivity index is 1.94. The molecule has 2 aromatic heterocycles. The first-order valence-electron chi connectivity index (χ1n) is 13.7. The van der Waals surface area contributed by atoms with Gasteiger partial charge in [0.25, 0.3) is 0 Å². The largest absolute Gasteiger partial charge is 0.456 e. The predicted molar refractivity (Wildman–Crippen MR) is 145 cm³/mol. The van der Waals surface area contributed by atoms with Crippen molar-refractivity contribution in [3.05, 3.63) is 94.9 Å². The van der Waals surface area contributed by atoms with Gasteiger partial charge in [-0.25, -0.2) is 4.85 Å². The number of pyridine rings is 1. The van der Waals surface area contributed by atoms with Gasteiger partial charge in [-0.2, -0.15) is 4.57 Å². The van der Waals surface area contributed by atoms with Gasteiger partial charge in [-0.15, -0.1) is 0 Å². The fourth-order valence-electron chi connectivity index (χ4n) is 4.59. The molecule has 0 saturated carbocycles. The van der Waals surface area contributed by atoms with E-state index in [0.29, 0.717) is 33.8 Å². The number of hydrogen-bond acceptors (Lipinski definition) is 1. The molecular weight excluding hydrogens is 428 g/mol. The highest BCUT2D eigenvalue weighted by Gasteiger charge is 2.25. The highest BCUT2D eigenvalue weighted by atomic mass is 16.3. The molecule has 0 aliphatic heterocycles. The van der Waals surface area contributed by atoms with Crippen molar-refractivity contribution in [1.82, 2.24) is 0 Å². The molecule has 0 aliphatic rings. The van der Waals surface area contributed by atoms with Crippen LogP contribution in [0.1, 0.15) is 43.1 Å². The maximum atomic E-state index is 9.28. The van der Waals surface area contributed by atoms with E-state index >= 15 is 0 Å². The van der Waals surface area contributed by atoms with Gasteiger partial charge in [-0.1, -0.05) is 63.2 Å². The number of furan rings is 1. The molecule has 3 heteroatoms. The highest BCUT2D eigenvalue weighted by Crippen LogP contribution is 2.43. The van der Waals surface area contributed by atoms with Gasteiger partial charge in [0.2, 0.25) is 5.69 Å². The molecule has 5 rings (SSSR count). The summed E-state index contributed by atoms with van der Waals surface area (Å²) in [6.45, 7) is 16.8. The lowest BCUT2D eigenvalue weighted by molar-refractivity contribution is -0.666. The Morgan fingerprint density at radius 1 is 1.06 bits per heavy atom. The van der Waals surface area contributed by atoms with Crippen LogP contribution in [0.4, 0.5) is 5.69 Å². The van der Waals surface area contributed by atoms with Crippen molar-refractivity contribution >= 4 is 27.6 Å². The second-order valence-electron chi connectivity index (χ2n) is 10.1. The molecular formula is C32H31N2O+. The lowest BCUT2D eigenvalue weighted by atomic mass is 9.87. The van der Waals surface area contributed by atoms with E-state index in [-0.39, 0.29) is 17.6 Å². The quantitative estimate of drug-likeness (QED) is 0.194. The summed E-state index contributed by atoms with van der Waals surface area (Å²) in [7, 11) is 1.81. The normalized spacial score (nSPS) is 13.9. The fraction of sp³-hybridized carbons (Fsp3) is 0.250. The lowest BCUT2D eigenvalue weighted by Crippen LogP contribution is -2.35. The highest BCUT2D eigenvalue weighted by molar-refractivity contribution is 6.16. The van der Waals surface area contributed by atoms with Crippen LogP contribution in [0.2, 0.25) is 0 Å². The smallest absolute Gasteiger partial charge is 0.216 e. The van der Waals surface area contributed by atoms with Crippen LogP contribution in [0.5, 0.6) is 0 Å². The molecule has 0 spiro atoms. The Morgan fingerprint density at radius 2 is 1.80 bits per heavy atom. The average molecular weight is 464 g/mol. The first-order valence-corrected chi connectivity index (χ1v) is 11.7. The molecule has 0 radical (unpaired) electrons. The Kier molecular flexibility index (Phi) is 4.42. The SMILES string of the molecule is [2H]c1c(C([2H])([2H])C(C)(C)C)c([2H])c(-c2c(C)ccc3c2oc2cc([N+]#[C-])cc(-c4ccccc4)c23)[n+](C)c1C. The molecule has 0 N–H and O–H groups in total. The van der Waals surface area contributed by atoms with Crippen molar-refractivity contribution in [2.45, 2.75) is 41.0 Å². The number of aromatic nitrogens is 1. The molecule has 3 aromatic carbocycles. The third kappa shape index (κ3) is 4.10. The van der Waals surface area contributed by atoms with Gasteiger partial charge < -0.3 is 4.42 Å². The van der Waals surface area contributed by atoms with Crippen molar-refractivity contribution in [3.8, 4) is 22.4 Å². The van der Waals surface area contributed by atoms with E-state index in [9.17, 15) is 1.37 Å². The van der Waals surface area contributed by atoms with Gasteiger partial charge in [0.1, 0.15) is 18.2 Å². The first-order chi connectivity index (χ1) is 18.3. The topological polar surface area (TPSA) is 21.4 Å². The minimum absolute atomic E-state index is 0.0192. The lowest BCUT2D eigenvalue weighted by Gasteiger charge is -2.18. The molecule has 174 valence electrons. The van der Waals surface area contributed by atoms with E-state index in [4.69, 9.17) is 15.1 Å². The molecule has 0 fully saturated rings. The van der Waals surface area contributed by atoms with Crippen LogP contribution >= 0.6 is 0 Å². The number of rotatable bonds is 3. The standard InChI is InChI=1S/C32H31N2O/c1-20-13-14-25-30-26(23-11-9-8-10-12-23)17-24(33-6)18-28(30)35-31(25)29(20)27-16-22(19-32(3,4)5)15-21(2)34(27)7/h8-18H,19H2,1-5,7H3/q+1/i15D,16D,19D2. The van der Waals surface area contributed by atoms with Crippen LogP contribution in [0.15, 0.2) is 71.1 Å². The van der Waals surface area contributed by atoms with Gasteiger partial charge in [0, 0.05) is 32.5 Å². The minimum Gasteiger partial charge on any atom is -0.456 e. The van der Waals surface area contributed by atoms with Gasteiger partial charge >= 0.3 is 0 Å². The van der Waals surface area contributed by atoms with E-state index in [0.717, 1.165) is 27.5 Å². The summed E-state index contributed by atoms with van der Waals surface area (Å²) in [6, 6.07) is 17.5. The summed E-state index contributed by atoms with van der Waals surface area (Å²) >= 11 is 0. The first kappa shape index (κ1) is 18.4. The van der Waals surface area contributed by atoms with Crippen LogP contribution in [0, 0.1) is 25.8 Å². The summed E-state index contributed by atoms with van der Waals surface area (Å²) < 4.78 is 44.3. The molecule has 0 unspecified atom stereocenters. The number of hydrogen-bond donors (Lipinski definition) is 0. The second kappa shape index (κ2) is 8.40. The molecule has 0 amide bonds. The Bertz CT molecular complexity index is 1820. The van der Waals surface area contributed by atoms with E-state index in [2.05, 4.69) is 4.85 Å². The van der Waals surface area contributed by atoms with Crippen LogP contribution in [-0.4, -0.2) is 0 Å². The van der Waals surface area contributed by atoms with Crippen LogP contribution in [-0.2, 0) is 13.4 Å². The van der Waals surface area contributed by atoms with Crippen molar-refractivity contribution in [3.63, 3.8) is 0 Å². The molecule has 0 bridgehead atoms. The van der Waals surface area contributed by atoms with Crippen LogP contribution in [0.25, 0.3) is 49.2 Å². The monoisotopic (exact) mass is 463 g/mol. The fourth-order valence-corrected chi connectivity index (χ4v) is 4.59. The third-order valence-electron chi connectivity index (χ3n) is 6.27. The van der Waals surface area contributed by atoms with Crippen molar-refractivity contribution in [1.29, 1.82) is 0 Å². The minimum atomic E-state index is -1.92. The van der Waals surface area contributed by atoms with E-state index in [1.807, 2.05) is 62.5 Å². The zero-order chi connectivity index (χ0) is 28.4. The van der Waals surface area contributed by atoms with E-state index in [1.165, 1.54) is 0 Å². The summed E-state index contributed by atoms with van der Waals surface area (Å²) in [5, 5.41) is 1.74. The number of fused-ring (bicyclic) bond motifs is 3. The Labute approximate surface area is 213 Å². The number of benzene rings is 3. The number of nitrogens with zero attached hydrogens (tertiary/aromatic N) is 2. The molecule has 3 nitrogen and oxygen atoms in total. The third-order valence-corrected chi connectivity index (χ3v) is 6.27. The van der Waals surface area contributed by atoms with Crippen molar-refractivity contribution in [2.75, 3.05) is 0 Å². The number of aryl methyl sites for hydroxylation is 1. The summed E-state index contributed by atoms with van der Waals surface area (Å²) in [5.74, 6) is 0. The Morgan fingerprint density at radius 3 is 2.49 bits per heavy atom. The maximum Gasteiger partial charge on any atom is 0.216 e. The van der Waals surface area contributed by atoms with E-state index < -0.39 is 11.8 Å². The van der Waals surface area contributed by atoms with Crippen molar-refractivity contribution < 1.29 is 14.5 Å². The predicted octanol–water partition coefficient (Wildman–Crippen LogP) is 8.50. The molecule has 0 saturated heterocycles. The van der Waals surface area contributed by atoms with Gasteiger partial charge in [-0.3, -0.25) is 0 Å². The summed E-state index contributed by atoms with van der Waals surface area (Å²) in [4.78, 5) is 3.68. The summed E-state index contributed by atoms with van der Waals surface area (Å²) in [5.41, 5.74) is 5.37. The van der Waals surface area contributed by atoms with Crippen LogP contribution in [0.3, 0.4) is 0 Å². The van der Waals surface area contributed by atoms with Gasteiger partial charge in [0.05, 0.1) is 14.9 Å². The van der Waals surface area contributed by atoms with Gasteiger partial charge in [-0.05, 0) is 53.1 Å². The molecule has 0 aliphatic carbocycles. The van der Waals surface area contributed by atoms with Gasteiger partial charge in [0.15, 0.2) is 11.4 Å². The zero-order valence-corrected chi connectivity index (χ0v) is 21.0. The second-order valence-corrected chi connectivity index (χ2v) is 10.1. The summed E-state index contributed by atoms with van der Waals surface area (Å²) in [6.07, 6.45) is -1.92. The molecule has 35 heavy (non-hydrogen) atoms. The van der Waals surface area contributed by atoms with E-state index in [1.54, 1.807) is 38.3 Å². The Hall–Kier alpha value is -3.90. The molecule has 2 heterocycles. The molecule has 5 aromatic rings. The van der Waals surface area contributed by atoms with Crippen LogP contribution < -0.4 is 4.57 Å². The molecule has 0 atom stereocenters. The maximum absolute atomic E-state index is 9.28. The van der Waals surface area contributed by atoms with Crippen molar-refractivity contribution in [2.24, 2.45) is 12.5 Å².